The number of aliphatic hydroxyl groups is 1. The van der Waals surface area contributed by atoms with Crippen LogP contribution < -0.4 is 4.74 Å². The van der Waals surface area contributed by atoms with Gasteiger partial charge in [0.25, 0.3) is 0 Å². The highest BCUT2D eigenvalue weighted by Gasteiger charge is 2.44. The molecule has 1 aliphatic carbocycles. The Bertz CT molecular complexity index is 425. The van der Waals surface area contributed by atoms with Crippen molar-refractivity contribution in [2.45, 2.75) is 50.7 Å². The van der Waals surface area contributed by atoms with E-state index in [4.69, 9.17) is 4.74 Å². The zero-order valence-corrected chi connectivity index (χ0v) is 12.9. The van der Waals surface area contributed by atoms with E-state index in [0.29, 0.717) is 6.61 Å². The van der Waals surface area contributed by atoms with Gasteiger partial charge in [0.15, 0.2) is 0 Å². The minimum absolute atomic E-state index is 0.147. The van der Waals surface area contributed by atoms with Crippen LogP contribution in [-0.4, -0.2) is 36.2 Å². The van der Waals surface area contributed by atoms with Gasteiger partial charge in [-0.3, -0.25) is 0 Å². The fourth-order valence-electron chi connectivity index (χ4n) is 3.29. The van der Waals surface area contributed by atoms with Crippen molar-refractivity contribution in [1.29, 1.82) is 0 Å². The Kier molecular flexibility index (Phi) is 5.06. The quantitative estimate of drug-likeness (QED) is 0.865. The van der Waals surface area contributed by atoms with Gasteiger partial charge in [-0.25, -0.2) is 0 Å². The number of aliphatic hydroxyl groups excluding tert-OH is 1. The molecule has 0 amide bonds. The lowest BCUT2D eigenvalue weighted by atomic mass is 9.84. The van der Waals surface area contributed by atoms with Crippen LogP contribution in [0.4, 0.5) is 0 Å². The van der Waals surface area contributed by atoms with Gasteiger partial charge in [0.1, 0.15) is 11.9 Å². The lowest BCUT2D eigenvalue weighted by Gasteiger charge is -2.41. The second-order valence-electron chi connectivity index (χ2n) is 5.99. The minimum Gasteiger partial charge on any atom is -0.493 e. The lowest BCUT2D eigenvalue weighted by Crippen LogP contribution is -2.47. The van der Waals surface area contributed by atoms with E-state index in [2.05, 4.69) is 25.9 Å². The lowest BCUT2D eigenvalue weighted by molar-refractivity contribution is -0.00626. The van der Waals surface area contributed by atoms with Crippen LogP contribution in [0.2, 0.25) is 0 Å². The number of hydrogen-bond acceptors (Lipinski definition) is 3. The van der Waals surface area contributed by atoms with Crippen molar-refractivity contribution in [2.75, 3.05) is 20.7 Å². The number of nitrogens with zero attached hydrogens (tertiary/aromatic N) is 1. The van der Waals surface area contributed by atoms with Crippen molar-refractivity contribution in [3.8, 4) is 5.75 Å². The molecule has 1 atom stereocenters. The molecule has 1 fully saturated rings. The first kappa shape index (κ1) is 15.3. The Labute approximate surface area is 122 Å². The summed E-state index contributed by atoms with van der Waals surface area (Å²) in [6.07, 6.45) is 4.95. The van der Waals surface area contributed by atoms with Crippen molar-refractivity contribution < 1.29 is 9.84 Å². The van der Waals surface area contributed by atoms with Crippen LogP contribution >= 0.6 is 0 Å². The monoisotopic (exact) mass is 277 g/mol. The molecule has 0 saturated heterocycles. The summed E-state index contributed by atoms with van der Waals surface area (Å²) < 4.78 is 5.81. The highest BCUT2D eigenvalue weighted by Crippen LogP contribution is 2.45. The molecule has 0 spiro atoms. The van der Waals surface area contributed by atoms with E-state index < -0.39 is 6.10 Å². The molecule has 1 aromatic rings. The summed E-state index contributed by atoms with van der Waals surface area (Å²) in [7, 11) is 4.15. The van der Waals surface area contributed by atoms with Crippen LogP contribution in [0, 0.1) is 0 Å². The maximum Gasteiger partial charge on any atom is 0.125 e. The first-order valence-electron chi connectivity index (χ1n) is 7.69. The molecule has 0 aromatic heterocycles. The molecule has 1 aromatic carbocycles. The van der Waals surface area contributed by atoms with Crippen LogP contribution in [0.1, 0.15) is 50.7 Å². The van der Waals surface area contributed by atoms with Crippen LogP contribution in [0.15, 0.2) is 24.3 Å². The van der Waals surface area contributed by atoms with E-state index in [0.717, 1.165) is 30.6 Å². The normalized spacial score (nSPS) is 19.2. The largest absolute Gasteiger partial charge is 0.493 e. The number of rotatable bonds is 6. The van der Waals surface area contributed by atoms with E-state index in [-0.39, 0.29) is 5.54 Å². The molecular weight excluding hydrogens is 250 g/mol. The molecule has 0 heterocycles. The average Bonchev–Trinajstić information content (AvgIpc) is 2.95. The van der Waals surface area contributed by atoms with Gasteiger partial charge in [0.2, 0.25) is 0 Å². The molecule has 3 nitrogen and oxygen atoms in total. The number of benzene rings is 1. The van der Waals surface area contributed by atoms with Gasteiger partial charge in [-0.05, 0) is 39.4 Å². The molecule has 112 valence electrons. The van der Waals surface area contributed by atoms with Gasteiger partial charge in [-0.1, -0.05) is 38.0 Å². The SMILES string of the molecule is CCCOc1ccccc1C(O)C1(N(C)C)CCCC1. The molecule has 0 bridgehead atoms. The van der Waals surface area contributed by atoms with Gasteiger partial charge in [0.05, 0.1) is 12.1 Å². The van der Waals surface area contributed by atoms with Gasteiger partial charge >= 0.3 is 0 Å². The van der Waals surface area contributed by atoms with E-state index >= 15 is 0 Å². The number of likely N-dealkylation sites (N-methyl/N-ethyl adjacent to an activating group) is 1. The Morgan fingerprint density at radius 3 is 2.50 bits per heavy atom. The fourth-order valence-corrected chi connectivity index (χ4v) is 3.29. The highest BCUT2D eigenvalue weighted by atomic mass is 16.5. The van der Waals surface area contributed by atoms with Crippen LogP contribution in [0.5, 0.6) is 5.75 Å². The van der Waals surface area contributed by atoms with Crippen LogP contribution in [0.25, 0.3) is 0 Å². The maximum absolute atomic E-state index is 11.0. The Morgan fingerprint density at radius 2 is 1.90 bits per heavy atom. The molecule has 1 N–H and O–H groups in total. The Balaban J connectivity index is 2.29. The number of para-hydroxylation sites is 1. The predicted molar refractivity (Wildman–Crippen MR) is 82.1 cm³/mol. The highest BCUT2D eigenvalue weighted by molar-refractivity contribution is 5.37. The summed E-state index contributed by atoms with van der Waals surface area (Å²) in [5.74, 6) is 0.829. The fraction of sp³-hybridized carbons (Fsp3) is 0.647. The molecule has 1 saturated carbocycles. The topological polar surface area (TPSA) is 32.7 Å². The van der Waals surface area contributed by atoms with Gasteiger partial charge in [0, 0.05) is 5.56 Å². The third-order valence-electron chi connectivity index (χ3n) is 4.54. The Hall–Kier alpha value is -1.06. The summed E-state index contributed by atoms with van der Waals surface area (Å²) in [5.41, 5.74) is 0.780. The first-order valence-corrected chi connectivity index (χ1v) is 7.69. The first-order chi connectivity index (χ1) is 9.62. The standard InChI is InChI=1S/C17H27NO2/c1-4-13-20-15-10-6-5-9-14(15)16(19)17(18(2)3)11-7-8-12-17/h5-6,9-10,16,19H,4,7-8,11-13H2,1-3H3. The third-order valence-corrected chi connectivity index (χ3v) is 4.54. The van der Waals surface area contributed by atoms with Crippen molar-refractivity contribution in [2.24, 2.45) is 0 Å². The maximum atomic E-state index is 11.0. The van der Waals surface area contributed by atoms with Crippen LogP contribution in [0.3, 0.4) is 0 Å². The second-order valence-corrected chi connectivity index (χ2v) is 5.99. The van der Waals surface area contributed by atoms with E-state index in [1.165, 1.54) is 12.8 Å². The van der Waals surface area contributed by atoms with E-state index in [9.17, 15) is 5.11 Å². The van der Waals surface area contributed by atoms with Crippen molar-refractivity contribution in [1.82, 2.24) is 4.90 Å². The predicted octanol–water partition coefficient (Wildman–Crippen LogP) is 3.38. The molecular formula is C17H27NO2. The zero-order chi connectivity index (χ0) is 14.6. The molecule has 0 aliphatic heterocycles. The van der Waals surface area contributed by atoms with Gasteiger partial charge in [-0.15, -0.1) is 0 Å². The summed E-state index contributed by atoms with van der Waals surface area (Å²) in [5, 5.41) is 11.0. The smallest absolute Gasteiger partial charge is 0.125 e. The molecule has 1 aliphatic rings. The van der Waals surface area contributed by atoms with Gasteiger partial charge < -0.3 is 14.7 Å². The average molecular weight is 277 g/mol. The third kappa shape index (κ3) is 2.84. The van der Waals surface area contributed by atoms with Crippen molar-refractivity contribution in [3.05, 3.63) is 29.8 Å². The summed E-state index contributed by atoms with van der Waals surface area (Å²) >= 11 is 0. The summed E-state index contributed by atoms with van der Waals surface area (Å²) in [4.78, 5) is 2.20. The van der Waals surface area contributed by atoms with Crippen molar-refractivity contribution >= 4 is 0 Å². The number of ether oxygens (including phenoxy) is 1. The molecule has 1 unspecified atom stereocenters. The minimum atomic E-state index is -0.493. The number of hydrogen-bond donors (Lipinski definition) is 1. The zero-order valence-electron chi connectivity index (χ0n) is 12.9. The van der Waals surface area contributed by atoms with E-state index in [1.54, 1.807) is 0 Å². The summed E-state index contributed by atoms with van der Waals surface area (Å²) in [6.45, 7) is 2.79. The van der Waals surface area contributed by atoms with E-state index in [1.807, 2.05) is 24.3 Å². The van der Waals surface area contributed by atoms with Crippen molar-refractivity contribution in [3.63, 3.8) is 0 Å². The summed E-state index contributed by atoms with van der Waals surface area (Å²) in [6, 6.07) is 7.92. The second kappa shape index (κ2) is 6.59. The molecule has 2 rings (SSSR count). The molecule has 0 radical (unpaired) electrons. The Morgan fingerprint density at radius 1 is 1.25 bits per heavy atom. The van der Waals surface area contributed by atoms with Gasteiger partial charge in [-0.2, -0.15) is 0 Å². The van der Waals surface area contributed by atoms with Crippen LogP contribution in [-0.2, 0) is 0 Å². The molecule has 3 heteroatoms. The molecule has 20 heavy (non-hydrogen) atoms.